The van der Waals surface area contributed by atoms with Gasteiger partial charge in [-0.05, 0) is 61.0 Å². The zero-order valence-corrected chi connectivity index (χ0v) is 20.9. The number of hydrogen-bond donors (Lipinski definition) is 1. The Kier molecular flexibility index (Phi) is 6.87. The van der Waals surface area contributed by atoms with Crippen LogP contribution in [0.25, 0.3) is 0 Å². The van der Waals surface area contributed by atoms with Gasteiger partial charge < -0.3 is 13.5 Å². The number of benzene rings is 3. The van der Waals surface area contributed by atoms with Gasteiger partial charge in [0.25, 0.3) is 0 Å². The van der Waals surface area contributed by atoms with Gasteiger partial charge >= 0.3 is 20.2 Å². The van der Waals surface area contributed by atoms with Crippen LogP contribution in [-0.2, 0) is 20.2 Å². The minimum atomic E-state index is -4.42. The average molecular weight is 555 g/mol. The van der Waals surface area contributed by atoms with Crippen LogP contribution in [0.3, 0.4) is 0 Å². The van der Waals surface area contributed by atoms with E-state index in [-0.39, 0.29) is 14.3 Å². The van der Waals surface area contributed by atoms with E-state index in [9.17, 15) is 26.7 Å². The Morgan fingerprint density at radius 1 is 0.788 bits per heavy atom. The summed E-state index contributed by atoms with van der Waals surface area (Å²) in [6, 6.07) is 12.5. The monoisotopic (exact) mass is 554 g/mol. The molecule has 0 amide bonds. The Bertz CT molecular complexity index is 1430. The smallest absolute Gasteiger partial charge is 0.339 e. The van der Waals surface area contributed by atoms with Crippen molar-refractivity contribution >= 4 is 41.9 Å². The molecule has 0 aromatic heterocycles. The minimum absolute atomic E-state index is 0.162. The molecule has 0 unspecified atom stereocenters. The molecule has 3 aromatic carbocycles. The van der Waals surface area contributed by atoms with Crippen LogP contribution in [0.4, 0.5) is 0 Å². The van der Waals surface area contributed by atoms with Crippen LogP contribution in [0.1, 0.15) is 28.4 Å². The summed E-state index contributed by atoms with van der Waals surface area (Å²) in [5.41, 5.74) is 1.19. The third-order valence-corrected chi connectivity index (χ3v) is 7.80. The molecule has 8 nitrogen and oxygen atoms in total. The van der Waals surface area contributed by atoms with Crippen LogP contribution in [0.15, 0.2) is 68.9 Å². The maximum absolute atomic E-state index is 12.7. The maximum Gasteiger partial charge on any atom is 0.339 e. The van der Waals surface area contributed by atoms with Gasteiger partial charge in [0.2, 0.25) is 0 Å². The molecule has 0 radical (unpaired) electrons. The summed E-state index contributed by atoms with van der Waals surface area (Å²) in [5.74, 6) is -2.49. The van der Waals surface area contributed by atoms with E-state index in [4.69, 9.17) is 8.37 Å². The molecule has 0 fully saturated rings. The standard InChI is InChI=1S/C22H19BrO8S2/c1-13-4-8-16(9-5-13)32(26,27)30-18-12-19(21(23)22(25)20(18)15(3)24)31-33(28,29)17-10-6-14(2)7-11-17/h4-12,25H,1-3H3. The number of carbonyl (C=O) groups is 1. The number of aromatic hydroxyl groups is 1. The molecule has 0 saturated heterocycles. The number of halogens is 1. The molecule has 174 valence electrons. The van der Waals surface area contributed by atoms with Gasteiger partial charge in [-0.1, -0.05) is 35.4 Å². The SMILES string of the molecule is CC(=O)c1c(OS(=O)(=O)c2ccc(C)cc2)cc(OS(=O)(=O)c2ccc(C)cc2)c(Br)c1O. The lowest BCUT2D eigenvalue weighted by molar-refractivity contribution is 0.101. The van der Waals surface area contributed by atoms with Gasteiger partial charge in [-0.15, -0.1) is 0 Å². The lowest BCUT2D eigenvalue weighted by Gasteiger charge is -2.16. The van der Waals surface area contributed by atoms with Gasteiger partial charge in [-0.3, -0.25) is 4.79 Å². The van der Waals surface area contributed by atoms with E-state index in [1.54, 1.807) is 38.1 Å². The van der Waals surface area contributed by atoms with Crippen LogP contribution in [0.2, 0.25) is 0 Å². The Labute approximate surface area is 200 Å². The first-order valence-electron chi connectivity index (χ1n) is 9.40. The summed E-state index contributed by atoms with van der Waals surface area (Å²) in [5, 5.41) is 10.5. The molecular formula is C22H19BrO8S2. The topological polar surface area (TPSA) is 124 Å². The number of carbonyl (C=O) groups excluding carboxylic acids is 1. The molecule has 3 rings (SSSR count). The number of rotatable bonds is 7. The average Bonchev–Trinajstić information content (AvgIpc) is 2.71. The first-order chi connectivity index (χ1) is 15.3. The Morgan fingerprint density at radius 2 is 1.18 bits per heavy atom. The van der Waals surface area contributed by atoms with Crippen LogP contribution < -0.4 is 8.37 Å². The Balaban J connectivity index is 2.10. The summed E-state index contributed by atoms with van der Waals surface area (Å²) >= 11 is 3.01. The number of hydrogen-bond acceptors (Lipinski definition) is 8. The highest BCUT2D eigenvalue weighted by Gasteiger charge is 2.28. The van der Waals surface area contributed by atoms with Crippen molar-refractivity contribution in [2.75, 3.05) is 0 Å². The summed E-state index contributed by atoms with van der Waals surface area (Å²) in [7, 11) is -8.77. The molecular weight excluding hydrogens is 536 g/mol. The van der Waals surface area contributed by atoms with E-state index in [1.165, 1.54) is 24.3 Å². The highest BCUT2D eigenvalue weighted by molar-refractivity contribution is 9.10. The zero-order valence-electron chi connectivity index (χ0n) is 17.7. The second-order valence-electron chi connectivity index (χ2n) is 7.17. The molecule has 3 aromatic rings. The van der Waals surface area contributed by atoms with Crippen LogP contribution in [0.5, 0.6) is 17.2 Å². The van der Waals surface area contributed by atoms with Crippen molar-refractivity contribution in [2.45, 2.75) is 30.6 Å². The molecule has 0 heterocycles. The quantitative estimate of drug-likeness (QED) is 0.334. The van der Waals surface area contributed by atoms with Crippen molar-refractivity contribution < 1.29 is 35.1 Å². The molecule has 0 aliphatic carbocycles. The van der Waals surface area contributed by atoms with Crippen molar-refractivity contribution in [1.29, 1.82) is 0 Å². The highest BCUT2D eigenvalue weighted by Crippen LogP contribution is 2.44. The van der Waals surface area contributed by atoms with E-state index in [0.29, 0.717) is 0 Å². The predicted octanol–water partition coefficient (Wildman–Crippen LogP) is 4.51. The van der Waals surface area contributed by atoms with Gasteiger partial charge in [0.05, 0.1) is 0 Å². The number of phenols is 1. The lowest BCUT2D eigenvalue weighted by Crippen LogP contribution is -2.14. The maximum atomic E-state index is 12.7. The van der Waals surface area contributed by atoms with Crippen molar-refractivity contribution in [2.24, 2.45) is 0 Å². The van der Waals surface area contributed by atoms with E-state index in [0.717, 1.165) is 24.1 Å². The first-order valence-corrected chi connectivity index (χ1v) is 13.0. The van der Waals surface area contributed by atoms with Crippen molar-refractivity contribution in [3.63, 3.8) is 0 Å². The number of aryl methyl sites for hydroxylation is 2. The fourth-order valence-corrected chi connectivity index (χ4v) is 5.17. The highest BCUT2D eigenvalue weighted by atomic mass is 79.9. The Morgan fingerprint density at radius 3 is 1.58 bits per heavy atom. The molecule has 0 atom stereocenters. The second-order valence-corrected chi connectivity index (χ2v) is 11.1. The number of ketones is 1. The number of Topliss-reactive ketones (excluding diaryl/α,β-unsaturated/α-hetero) is 1. The third kappa shape index (κ3) is 5.37. The van der Waals surface area contributed by atoms with Gasteiger partial charge in [0.15, 0.2) is 17.3 Å². The van der Waals surface area contributed by atoms with Gasteiger partial charge in [-0.2, -0.15) is 16.8 Å². The van der Waals surface area contributed by atoms with Crippen molar-refractivity contribution in [3.8, 4) is 17.2 Å². The van der Waals surface area contributed by atoms with E-state index in [1.807, 2.05) is 0 Å². The minimum Gasteiger partial charge on any atom is -0.506 e. The predicted molar refractivity (Wildman–Crippen MR) is 124 cm³/mol. The molecule has 0 aliphatic heterocycles. The summed E-state index contributed by atoms with van der Waals surface area (Å²) in [4.78, 5) is 11.8. The molecule has 0 bridgehead atoms. The fraction of sp³-hybridized carbons (Fsp3) is 0.136. The van der Waals surface area contributed by atoms with Crippen molar-refractivity contribution in [3.05, 3.63) is 75.8 Å². The lowest BCUT2D eigenvalue weighted by atomic mass is 10.1. The number of phenolic OH excluding ortho intramolecular Hbond substituents is 1. The molecule has 1 N–H and O–H groups in total. The molecule has 0 aliphatic rings. The molecule has 0 spiro atoms. The molecule has 0 saturated carbocycles. The van der Waals surface area contributed by atoms with Gasteiger partial charge in [-0.25, -0.2) is 0 Å². The van der Waals surface area contributed by atoms with Crippen LogP contribution >= 0.6 is 15.9 Å². The molecule has 11 heteroatoms. The normalized spacial score (nSPS) is 11.8. The second kappa shape index (κ2) is 9.16. The van der Waals surface area contributed by atoms with Gasteiger partial charge in [0.1, 0.15) is 25.6 Å². The fourth-order valence-electron chi connectivity index (χ4n) is 2.81. The Hall–Kier alpha value is -2.89. The summed E-state index contributed by atoms with van der Waals surface area (Å²) in [6.07, 6.45) is 0. The van der Waals surface area contributed by atoms with Crippen molar-refractivity contribution in [1.82, 2.24) is 0 Å². The largest absolute Gasteiger partial charge is 0.506 e. The van der Waals surface area contributed by atoms with Crippen LogP contribution in [-0.4, -0.2) is 27.7 Å². The summed E-state index contributed by atoms with van der Waals surface area (Å²) in [6.45, 7) is 4.65. The van der Waals surface area contributed by atoms with Gasteiger partial charge in [0, 0.05) is 6.07 Å². The summed E-state index contributed by atoms with van der Waals surface area (Å²) < 4.78 is 60.9. The van der Waals surface area contributed by atoms with Crippen LogP contribution in [0, 0.1) is 13.8 Å². The third-order valence-electron chi connectivity index (χ3n) is 4.54. The zero-order chi connectivity index (χ0) is 24.6. The van der Waals surface area contributed by atoms with E-state index < -0.39 is 48.8 Å². The molecule has 33 heavy (non-hydrogen) atoms. The van der Waals surface area contributed by atoms with E-state index in [2.05, 4.69) is 15.9 Å². The first kappa shape index (κ1) is 24.7. The van der Waals surface area contributed by atoms with E-state index >= 15 is 0 Å².